The molecule has 3 heterocycles. The quantitative estimate of drug-likeness (QED) is 0.434. The molecule has 3 aromatic rings. The highest BCUT2D eigenvalue weighted by Gasteiger charge is 2.27. The minimum atomic E-state index is -0.294. The van der Waals surface area contributed by atoms with Crippen LogP contribution >= 0.6 is 11.6 Å². The summed E-state index contributed by atoms with van der Waals surface area (Å²) in [5.41, 5.74) is 1.53. The van der Waals surface area contributed by atoms with E-state index in [0.717, 1.165) is 50.4 Å². The number of halogens is 1. The lowest BCUT2D eigenvalue weighted by Crippen LogP contribution is -2.41. The minimum Gasteiger partial charge on any atom is -0.486 e. The van der Waals surface area contributed by atoms with Crippen LogP contribution in [0, 0.1) is 0 Å². The van der Waals surface area contributed by atoms with E-state index in [0.29, 0.717) is 25.4 Å². The molecule has 1 saturated heterocycles. The number of fused-ring (bicyclic) bond motifs is 1. The van der Waals surface area contributed by atoms with E-state index in [4.69, 9.17) is 21.1 Å². The van der Waals surface area contributed by atoms with Gasteiger partial charge in [-0.05, 0) is 37.0 Å². The van der Waals surface area contributed by atoms with Gasteiger partial charge in [0.1, 0.15) is 17.7 Å². The van der Waals surface area contributed by atoms with Crippen molar-refractivity contribution in [2.45, 2.75) is 44.5 Å². The zero-order valence-corrected chi connectivity index (χ0v) is 21.6. The molecule has 2 aliphatic heterocycles. The molecule has 1 N–H and O–H groups in total. The number of para-hydroxylation sites is 2. The molecule has 37 heavy (non-hydrogen) atoms. The van der Waals surface area contributed by atoms with Crippen LogP contribution in [0.5, 0.6) is 11.5 Å². The van der Waals surface area contributed by atoms with E-state index in [9.17, 15) is 9.90 Å². The van der Waals surface area contributed by atoms with E-state index in [2.05, 4.69) is 22.1 Å². The Bertz CT molecular complexity index is 1240. The number of aliphatic hydroxyl groups is 1. The molecule has 1 unspecified atom stereocenters. The normalized spacial score (nSPS) is 18.9. The fraction of sp³-hybridized carbons (Fsp3) is 0.429. The summed E-state index contributed by atoms with van der Waals surface area (Å²) in [4.78, 5) is 17.3. The smallest absolute Gasteiger partial charge is 0.287 e. The Balaban J connectivity index is 1.23. The van der Waals surface area contributed by atoms with E-state index in [1.165, 1.54) is 10.2 Å². The first kappa shape index (κ1) is 25.6. The monoisotopic (exact) mass is 524 g/mol. The molecule has 5 rings (SSSR count). The van der Waals surface area contributed by atoms with Crippen LogP contribution in [0.3, 0.4) is 0 Å². The van der Waals surface area contributed by atoms with Crippen LogP contribution in [-0.2, 0) is 13.1 Å². The van der Waals surface area contributed by atoms with Gasteiger partial charge in [-0.2, -0.15) is 5.10 Å². The molecule has 2 aliphatic rings. The predicted molar refractivity (Wildman–Crippen MR) is 144 cm³/mol. The van der Waals surface area contributed by atoms with Gasteiger partial charge in [0.2, 0.25) is 0 Å². The highest BCUT2D eigenvalue weighted by molar-refractivity contribution is 6.33. The van der Waals surface area contributed by atoms with Crippen LogP contribution in [0.1, 0.15) is 24.8 Å². The zero-order valence-electron chi connectivity index (χ0n) is 20.8. The number of aliphatic hydroxyl groups excluding tert-OH is 1. The maximum Gasteiger partial charge on any atom is 0.287 e. The zero-order chi connectivity index (χ0) is 25.6. The van der Waals surface area contributed by atoms with Crippen molar-refractivity contribution < 1.29 is 14.6 Å². The summed E-state index contributed by atoms with van der Waals surface area (Å²) in [5, 5.41) is 14.2. The van der Waals surface area contributed by atoms with E-state index in [1.807, 2.05) is 47.4 Å². The first-order valence-corrected chi connectivity index (χ1v) is 13.3. The van der Waals surface area contributed by atoms with E-state index in [1.54, 1.807) is 6.20 Å². The van der Waals surface area contributed by atoms with Crippen LogP contribution < -0.4 is 19.9 Å². The standard InChI is InChI=1S/C28H33ClN4O4/c29-27-24(32-14-6-10-22(32)19-34)16-30-33(28(27)35)15-7-13-31(17-21-8-2-1-3-9-21)18-23-20-36-25-11-4-5-12-26(25)37-23/h1-5,8-9,11-12,16,22-23,34H,6-7,10,13-15,17-20H2/t22-,23?/m0/s1. The third-order valence-corrected chi connectivity index (χ3v) is 7.34. The van der Waals surface area contributed by atoms with Crippen LogP contribution in [0.25, 0.3) is 0 Å². The molecule has 0 aliphatic carbocycles. The van der Waals surface area contributed by atoms with Crippen LogP contribution in [0.2, 0.25) is 5.02 Å². The second-order valence-corrected chi connectivity index (χ2v) is 9.99. The molecule has 0 amide bonds. The van der Waals surface area contributed by atoms with Crippen molar-refractivity contribution in [3.05, 3.63) is 81.7 Å². The lowest BCUT2D eigenvalue weighted by atomic mass is 10.2. The highest BCUT2D eigenvalue weighted by Crippen LogP contribution is 2.31. The first-order chi connectivity index (χ1) is 18.1. The molecule has 0 bridgehead atoms. The topological polar surface area (TPSA) is 80.1 Å². The molecular formula is C28H33ClN4O4. The molecule has 0 saturated carbocycles. The first-order valence-electron chi connectivity index (χ1n) is 12.9. The van der Waals surface area contributed by atoms with Crippen molar-refractivity contribution in [2.24, 2.45) is 0 Å². The third kappa shape index (κ3) is 6.09. The van der Waals surface area contributed by atoms with Crippen LogP contribution in [-0.4, -0.2) is 64.8 Å². The van der Waals surface area contributed by atoms with Gasteiger partial charge in [-0.1, -0.05) is 54.1 Å². The number of nitrogens with zero attached hydrogens (tertiary/aromatic N) is 4. The van der Waals surface area contributed by atoms with Gasteiger partial charge in [-0.25, -0.2) is 4.68 Å². The van der Waals surface area contributed by atoms with Crippen molar-refractivity contribution in [1.82, 2.24) is 14.7 Å². The van der Waals surface area contributed by atoms with Crippen LogP contribution in [0.15, 0.2) is 65.6 Å². The van der Waals surface area contributed by atoms with Gasteiger partial charge in [0.25, 0.3) is 5.56 Å². The summed E-state index contributed by atoms with van der Waals surface area (Å²) in [6.07, 6.45) is 4.14. The molecule has 2 atom stereocenters. The van der Waals surface area contributed by atoms with Crippen molar-refractivity contribution in [3.63, 3.8) is 0 Å². The summed E-state index contributed by atoms with van der Waals surface area (Å²) >= 11 is 6.48. The molecular weight excluding hydrogens is 492 g/mol. The number of rotatable bonds is 10. The molecule has 196 valence electrons. The van der Waals surface area contributed by atoms with E-state index < -0.39 is 0 Å². The molecule has 2 aromatic carbocycles. The number of hydrogen-bond acceptors (Lipinski definition) is 7. The number of benzene rings is 2. The van der Waals surface area contributed by atoms with Gasteiger partial charge in [0.15, 0.2) is 11.5 Å². The number of anilines is 1. The molecule has 9 heteroatoms. The van der Waals surface area contributed by atoms with Crippen molar-refractivity contribution in [3.8, 4) is 11.5 Å². The van der Waals surface area contributed by atoms with Gasteiger partial charge >= 0.3 is 0 Å². The second-order valence-electron chi connectivity index (χ2n) is 9.62. The Kier molecular flexibility index (Phi) is 8.28. The summed E-state index contributed by atoms with van der Waals surface area (Å²) in [7, 11) is 0. The fourth-order valence-corrected chi connectivity index (χ4v) is 5.38. The lowest BCUT2D eigenvalue weighted by molar-refractivity contribution is 0.0556. The average molecular weight is 525 g/mol. The summed E-state index contributed by atoms with van der Waals surface area (Å²) in [5.74, 6) is 1.55. The lowest BCUT2D eigenvalue weighted by Gasteiger charge is -2.31. The molecule has 8 nitrogen and oxygen atoms in total. The van der Waals surface area contributed by atoms with Crippen molar-refractivity contribution >= 4 is 17.3 Å². The Morgan fingerprint density at radius 2 is 1.89 bits per heavy atom. The number of hydrogen-bond donors (Lipinski definition) is 1. The Hall–Kier alpha value is -3.07. The van der Waals surface area contributed by atoms with Gasteiger partial charge in [0.05, 0.1) is 24.5 Å². The molecule has 1 fully saturated rings. The van der Waals surface area contributed by atoms with E-state index >= 15 is 0 Å². The van der Waals surface area contributed by atoms with Crippen LogP contribution in [0.4, 0.5) is 5.69 Å². The van der Waals surface area contributed by atoms with Crippen molar-refractivity contribution in [2.75, 3.05) is 37.7 Å². The maximum atomic E-state index is 13.0. The number of aryl methyl sites for hydroxylation is 1. The SMILES string of the molecule is O=c1c(Cl)c(N2CCC[C@H]2CO)cnn1CCCN(Cc1ccccc1)CC1COc2ccccc2O1. The Morgan fingerprint density at radius 3 is 2.70 bits per heavy atom. The average Bonchev–Trinajstić information content (AvgIpc) is 3.40. The summed E-state index contributed by atoms with van der Waals surface area (Å²) in [6, 6.07) is 18.0. The molecule has 1 aromatic heterocycles. The van der Waals surface area contributed by atoms with Crippen molar-refractivity contribution in [1.29, 1.82) is 0 Å². The fourth-order valence-electron chi connectivity index (χ4n) is 5.12. The van der Waals surface area contributed by atoms with Gasteiger partial charge in [-0.3, -0.25) is 9.69 Å². The third-order valence-electron chi connectivity index (χ3n) is 6.99. The number of ether oxygens (including phenoxy) is 2. The largest absolute Gasteiger partial charge is 0.486 e. The molecule has 0 spiro atoms. The molecule has 0 radical (unpaired) electrons. The summed E-state index contributed by atoms with van der Waals surface area (Å²) in [6.45, 7) is 3.97. The second kappa shape index (κ2) is 12.0. The van der Waals surface area contributed by atoms with E-state index in [-0.39, 0.29) is 29.3 Å². The summed E-state index contributed by atoms with van der Waals surface area (Å²) < 4.78 is 13.6. The minimum absolute atomic E-state index is 0.0148. The van der Waals surface area contributed by atoms with Gasteiger partial charge in [-0.15, -0.1) is 0 Å². The maximum absolute atomic E-state index is 13.0. The Morgan fingerprint density at radius 1 is 1.11 bits per heavy atom. The predicted octanol–water partition coefficient (Wildman–Crippen LogP) is 3.59. The number of aromatic nitrogens is 2. The highest BCUT2D eigenvalue weighted by atomic mass is 35.5. The van der Waals surface area contributed by atoms with Gasteiger partial charge < -0.3 is 19.5 Å². The Labute approximate surface area is 222 Å². The van der Waals surface area contributed by atoms with Gasteiger partial charge in [0, 0.05) is 32.7 Å².